The van der Waals surface area contributed by atoms with E-state index in [0.29, 0.717) is 11.8 Å². The van der Waals surface area contributed by atoms with Crippen molar-refractivity contribution in [1.29, 1.82) is 0 Å². The summed E-state index contributed by atoms with van der Waals surface area (Å²) in [5.41, 5.74) is 2.43. The van der Waals surface area contributed by atoms with Gasteiger partial charge in [-0.25, -0.2) is 0 Å². The molecule has 2 rings (SSSR count). The number of ether oxygens (including phenoxy) is 1. The average molecular weight is 264 g/mol. The molecule has 0 radical (unpaired) electrons. The van der Waals surface area contributed by atoms with E-state index < -0.39 is 0 Å². The maximum absolute atomic E-state index is 5.34. The molecule has 1 heterocycles. The molecule has 18 heavy (non-hydrogen) atoms. The molecule has 0 atom stereocenters. The fourth-order valence-corrected chi connectivity index (χ4v) is 2.50. The van der Waals surface area contributed by atoms with Gasteiger partial charge < -0.3 is 9.15 Å². The molecule has 0 amide bonds. The first-order valence-electron chi connectivity index (χ1n) is 5.69. The highest BCUT2D eigenvalue weighted by atomic mass is 32.2. The lowest BCUT2D eigenvalue weighted by atomic mass is 10.1. The van der Waals surface area contributed by atoms with Crippen LogP contribution in [-0.2, 0) is 11.5 Å². The van der Waals surface area contributed by atoms with Gasteiger partial charge in [0, 0.05) is 18.2 Å². The van der Waals surface area contributed by atoms with Crippen LogP contribution in [0.3, 0.4) is 0 Å². The minimum absolute atomic E-state index is 0.610. The molecule has 96 valence electrons. The van der Waals surface area contributed by atoms with Crippen LogP contribution < -0.4 is 4.74 Å². The second-order valence-corrected chi connectivity index (χ2v) is 5.01. The van der Waals surface area contributed by atoms with Crippen molar-refractivity contribution in [3.8, 4) is 5.75 Å². The van der Waals surface area contributed by atoms with E-state index in [-0.39, 0.29) is 0 Å². The minimum Gasteiger partial charge on any atom is -0.496 e. The fourth-order valence-electron chi connectivity index (χ4n) is 1.66. The molecule has 0 bridgehead atoms. The number of aromatic nitrogens is 2. The summed E-state index contributed by atoms with van der Waals surface area (Å²) in [5, 5.41) is 7.77. The predicted octanol–water partition coefficient (Wildman–Crippen LogP) is 3.13. The Morgan fingerprint density at radius 3 is 2.72 bits per heavy atom. The molecular weight excluding hydrogens is 248 g/mol. The molecule has 1 aromatic carbocycles. The monoisotopic (exact) mass is 264 g/mol. The van der Waals surface area contributed by atoms with Crippen LogP contribution in [0.5, 0.6) is 5.75 Å². The number of benzene rings is 1. The average Bonchev–Trinajstić information content (AvgIpc) is 2.75. The van der Waals surface area contributed by atoms with Crippen molar-refractivity contribution in [1.82, 2.24) is 10.2 Å². The van der Waals surface area contributed by atoms with Crippen molar-refractivity contribution in [2.24, 2.45) is 0 Å². The summed E-state index contributed by atoms with van der Waals surface area (Å²) in [4.78, 5) is 0. The summed E-state index contributed by atoms with van der Waals surface area (Å²) in [7, 11) is 1.69. The molecule has 0 unspecified atom stereocenters. The summed E-state index contributed by atoms with van der Waals surface area (Å²) in [6, 6.07) is 6.20. The van der Waals surface area contributed by atoms with Crippen LogP contribution in [-0.4, -0.2) is 17.3 Å². The number of hydrogen-bond acceptors (Lipinski definition) is 5. The Labute approximate surface area is 111 Å². The Bertz CT molecular complexity index is 525. The van der Waals surface area contributed by atoms with Crippen molar-refractivity contribution in [3.63, 3.8) is 0 Å². The van der Waals surface area contributed by atoms with Crippen LogP contribution >= 0.6 is 11.8 Å². The number of aryl methyl sites for hydroxylation is 2. The first-order chi connectivity index (χ1) is 8.69. The van der Waals surface area contributed by atoms with E-state index in [9.17, 15) is 0 Å². The maximum atomic E-state index is 5.34. The van der Waals surface area contributed by atoms with Crippen molar-refractivity contribution in [3.05, 3.63) is 41.1 Å². The molecule has 0 spiro atoms. The van der Waals surface area contributed by atoms with Crippen molar-refractivity contribution in [2.75, 3.05) is 7.11 Å². The Morgan fingerprint density at radius 2 is 2.06 bits per heavy atom. The van der Waals surface area contributed by atoms with E-state index in [1.807, 2.05) is 12.1 Å². The van der Waals surface area contributed by atoms with Gasteiger partial charge in [-0.05, 0) is 13.0 Å². The molecule has 4 nitrogen and oxygen atoms in total. The number of methoxy groups -OCH3 is 1. The molecule has 0 N–H and O–H groups in total. The highest BCUT2D eigenvalue weighted by molar-refractivity contribution is 7.97. The van der Waals surface area contributed by atoms with E-state index in [1.54, 1.807) is 25.8 Å². The maximum Gasteiger partial charge on any atom is 0.226 e. The molecule has 2 aromatic rings. The van der Waals surface area contributed by atoms with Crippen LogP contribution in [0.25, 0.3) is 0 Å². The zero-order valence-corrected chi connectivity index (χ0v) is 11.6. The van der Waals surface area contributed by atoms with Crippen LogP contribution in [0, 0.1) is 13.8 Å². The van der Waals surface area contributed by atoms with E-state index in [0.717, 1.165) is 17.3 Å². The third-order valence-corrected chi connectivity index (χ3v) is 3.45. The standard InChI is InChI=1S/C13H16N2O2S/c1-9-4-5-12(16-3)11(6-9)7-18-8-13-15-14-10(2)17-13/h4-6H,7-8H2,1-3H3. The van der Waals surface area contributed by atoms with Gasteiger partial charge in [0.05, 0.1) is 12.9 Å². The largest absolute Gasteiger partial charge is 0.496 e. The molecule has 0 saturated heterocycles. The van der Waals surface area contributed by atoms with Gasteiger partial charge in [-0.15, -0.1) is 22.0 Å². The number of hydrogen-bond donors (Lipinski definition) is 0. The van der Waals surface area contributed by atoms with Gasteiger partial charge >= 0.3 is 0 Å². The van der Waals surface area contributed by atoms with Crippen molar-refractivity contribution >= 4 is 11.8 Å². The normalized spacial score (nSPS) is 10.6. The van der Waals surface area contributed by atoms with Crippen LogP contribution in [0.1, 0.15) is 22.9 Å². The Balaban J connectivity index is 1.95. The van der Waals surface area contributed by atoms with E-state index in [4.69, 9.17) is 9.15 Å². The second-order valence-electron chi connectivity index (χ2n) is 4.02. The summed E-state index contributed by atoms with van der Waals surface area (Å²) in [6.45, 7) is 3.87. The third kappa shape index (κ3) is 3.26. The molecule has 0 aliphatic carbocycles. The predicted molar refractivity (Wildman–Crippen MR) is 71.8 cm³/mol. The van der Waals surface area contributed by atoms with Crippen LogP contribution in [0.2, 0.25) is 0 Å². The number of rotatable bonds is 5. The lowest BCUT2D eigenvalue weighted by Gasteiger charge is -2.08. The number of nitrogens with zero attached hydrogens (tertiary/aromatic N) is 2. The first-order valence-corrected chi connectivity index (χ1v) is 6.85. The quantitative estimate of drug-likeness (QED) is 0.830. The molecule has 0 aliphatic rings. The smallest absolute Gasteiger partial charge is 0.226 e. The summed E-state index contributed by atoms with van der Waals surface area (Å²) < 4.78 is 10.7. The van der Waals surface area contributed by atoms with Crippen LogP contribution in [0.4, 0.5) is 0 Å². The molecule has 0 fully saturated rings. The van der Waals surface area contributed by atoms with Gasteiger partial charge in [0.2, 0.25) is 11.8 Å². The first kappa shape index (κ1) is 13.0. The Hall–Kier alpha value is -1.49. The van der Waals surface area contributed by atoms with E-state index in [1.165, 1.54) is 11.1 Å². The van der Waals surface area contributed by atoms with Gasteiger partial charge in [-0.1, -0.05) is 17.7 Å². The van der Waals surface area contributed by atoms with E-state index in [2.05, 4.69) is 23.2 Å². The highest BCUT2D eigenvalue weighted by Gasteiger charge is 2.06. The third-order valence-electron chi connectivity index (χ3n) is 2.49. The van der Waals surface area contributed by atoms with Crippen molar-refractivity contribution < 1.29 is 9.15 Å². The Morgan fingerprint density at radius 1 is 1.22 bits per heavy atom. The van der Waals surface area contributed by atoms with Gasteiger partial charge in [0.1, 0.15) is 5.75 Å². The lowest BCUT2D eigenvalue weighted by Crippen LogP contribution is -1.92. The SMILES string of the molecule is COc1ccc(C)cc1CSCc1nnc(C)o1. The summed E-state index contributed by atoms with van der Waals surface area (Å²) in [5.74, 6) is 3.79. The fraction of sp³-hybridized carbons (Fsp3) is 0.385. The van der Waals surface area contributed by atoms with Crippen molar-refractivity contribution in [2.45, 2.75) is 25.4 Å². The van der Waals surface area contributed by atoms with Gasteiger partial charge in [-0.3, -0.25) is 0 Å². The second kappa shape index (κ2) is 5.91. The molecule has 0 aliphatic heterocycles. The van der Waals surface area contributed by atoms with Gasteiger partial charge in [0.15, 0.2) is 0 Å². The van der Waals surface area contributed by atoms with Gasteiger partial charge in [-0.2, -0.15) is 0 Å². The number of thioether (sulfide) groups is 1. The van der Waals surface area contributed by atoms with Crippen LogP contribution in [0.15, 0.2) is 22.6 Å². The molecular formula is C13H16N2O2S. The molecule has 1 aromatic heterocycles. The minimum atomic E-state index is 0.610. The topological polar surface area (TPSA) is 48.2 Å². The zero-order chi connectivity index (χ0) is 13.0. The lowest BCUT2D eigenvalue weighted by molar-refractivity contribution is 0.411. The zero-order valence-electron chi connectivity index (χ0n) is 10.8. The summed E-state index contributed by atoms with van der Waals surface area (Å²) in [6.07, 6.45) is 0. The van der Waals surface area contributed by atoms with Gasteiger partial charge in [0.25, 0.3) is 0 Å². The summed E-state index contributed by atoms with van der Waals surface area (Å²) >= 11 is 1.73. The molecule has 0 saturated carbocycles. The highest BCUT2D eigenvalue weighted by Crippen LogP contribution is 2.25. The Kier molecular flexibility index (Phi) is 4.25. The van der Waals surface area contributed by atoms with E-state index >= 15 is 0 Å². The molecule has 5 heteroatoms.